The van der Waals surface area contributed by atoms with E-state index in [4.69, 9.17) is 21.7 Å². The van der Waals surface area contributed by atoms with Gasteiger partial charge in [-0.25, -0.2) is 0 Å². The van der Waals surface area contributed by atoms with Crippen molar-refractivity contribution in [2.75, 3.05) is 23.4 Å². The quantitative estimate of drug-likeness (QED) is 0.274. The number of rotatable bonds is 9. The first-order chi connectivity index (χ1) is 19.7. The van der Waals surface area contributed by atoms with Gasteiger partial charge in [0, 0.05) is 42.6 Å². The molecule has 0 radical (unpaired) electrons. The minimum absolute atomic E-state index is 0.0680. The van der Waals surface area contributed by atoms with Gasteiger partial charge in [0.1, 0.15) is 11.8 Å². The van der Waals surface area contributed by atoms with Crippen LogP contribution in [0.1, 0.15) is 36.3 Å². The normalized spacial score (nSPS) is 20.4. The smallest absolute Gasteiger partial charge is 0.262 e. The Bertz CT molecular complexity index is 1440. The standard InChI is InChI=1S/C31H31N5O3S/c37-28(21-39-24-8-2-1-3-9-24)33-22-13-15-23(16-14-22)36-30(29(34-31(36)40)26-11-4-5-17-32-26)27-12-6-18-35(27)20-25-10-7-19-38-25/h1-6,8-9,11-18,25,29-30H,7,10,19-21H2,(H,33,37)(H,34,40)/t25-,29-,30+/m0/s1. The summed E-state index contributed by atoms with van der Waals surface area (Å²) in [7, 11) is 0. The van der Waals surface area contributed by atoms with Crippen molar-refractivity contribution in [2.24, 2.45) is 0 Å². The van der Waals surface area contributed by atoms with E-state index in [1.54, 1.807) is 0 Å². The van der Waals surface area contributed by atoms with E-state index >= 15 is 0 Å². The number of hydrogen-bond acceptors (Lipinski definition) is 5. The fourth-order valence-electron chi connectivity index (χ4n) is 5.37. The summed E-state index contributed by atoms with van der Waals surface area (Å²) < 4.78 is 13.8. The lowest BCUT2D eigenvalue weighted by atomic mass is 10.0. The lowest BCUT2D eigenvalue weighted by molar-refractivity contribution is -0.118. The number of anilines is 2. The summed E-state index contributed by atoms with van der Waals surface area (Å²) >= 11 is 5.89. The molecule has 1 amide bonds. The van der Waals surface area contributed by atoms with Gasteiger partial charge in [0.2, 0.25) is 0 Å². The Balaban J connectivity index is 1.23. The molecule has 0 saturated carbocycles. The largest absolute Gasteiger partial charge is 0.484 e. The molecule has 2 aromatic carbocycles. The molecule has 2 saturated heterocycles. The Morgan fingerprint density at radius 1 is 1.05 bits per heavy atom. The van der Waals surface area contributed by atoms with Crippen LogP contribution in [0.4, 0.5) is 11.4 Å². The monoisotopic (exact) mass is 553 g/mol. The molecule has 3 atom stereocenters. The number of nitrogens with zero attached hydrogens (tertiary/aromatic N) is 3. The molecule has 2 fully saturated rings. The van der Waals surface area contributed by atoms with Crippen molar-refractivity contribution in [3.05, 3.63) is 109 Å². The van der Waals surface area contributed by atoms with E-state index in [1.165, 1.54) is 0 Å². The van der Waals surface area contributed by atoms with Crippen LogP contribution in [0.3, 0.4) is 0 Å². The summed E-state index contributed by atoms with van der Waals surface area (Å²) in [6.07, 6.45) is 6.30. The van der Waals surface area contributed by atoms with Crippen molar-refractivity contribution in [3.63, 3.8) is 0 Å². The van der Waals surface area contributed by atoms with Crippen LogP contribution in [0.15, 0.2) is 97.3 Å². The number of ether oxygens (including phenoxy) is 2. The maximum atomic E-state index is 12.5. The number of pyridine rings is 1. The number of aromatic nitrogens is 2. The summed E-state index contributed by atoms with van der Waals surface area (Å²) in [6.45, 7) is 1.55. The van der Waals surface area contributed by atoms with E-state index in [-0.39, 0.29) is 30.7 Å². The number of nitrogens with one attached hydrogen (secondary N) is 2. The van der Waals surface area contributed by atoms with E-state index in [0.717, 1.165) is 43.1 Å². The first kappa shape index (κ1) is 26.0. The van der Waals surface area contributed by atoms with Crippen molar-refractivity contribution in [1.82, 2.24) is 14.9 Å². The Hall–Kier alpha value is -4.21. The second-order valence-electron chi connectivity index (χ2n) is 9.91. The molecule has 2 aliphatic heterocycles. The summed E-state index contributed by atoms with van der Waals surface area (Å²) in [6, 6.07) is 26.9. The predicted molar refractivity (Wildman–Crippen MR) is 158 cm³/mol. The van der Waals surface area contributed by atoms with Gasteiger partial charge in [-0.3, -0.25) is 9.78 Å². The topological polar surface area (TPSA) is 80.7 Å². The van der Waals surface area contributed by atoms with Gasteiger partial charge in [0.15, 0.2) is 11.7 Å². The van der Waals surface area contributed by atoms with E-state index < -0.39 is 0 Å². The molecule has 0 aliphatic carbocycles. The van der Waals surface area contributed by atoms with Crippen LogP contribution < -0.4 is 20.3 Å². The molecular weight excluding hydrogens is 522 g/mol. The highest BCUT2D eigenvalue weighted by Gasteiger charge is 2.42. The SMILES string of the molecule is O=C(COc1ccccc1)Nc1ccc(N2C(=S)N[C@@H](c3ccccn3)[C@H]2c2cccn2C[C@@H]2CCCO2)cc1. The van der Waals surface area contributed by atoms with Crippen LogP contribution in [0.25, 0.3) is 0 Å². The molecule has 2 aliphatic rings. The molecule has 2 aromatic heterocycles. The number of para-hydroxylation sites is 1. The Morgan fingerprint density at radius 2 is 1.88 bits per heavy atom. The van der Waals surface area contributed by atoms with Crippen LogP contribution in [-0.2, 0) is 16.1 Å². The molecule has 0 spiro atoms. The van der Waals surface area contributed by atoms with Gasteiger partial charge in [-0.05, 0) is 85.7 Å². The summed E-state index contributed by atoms with van der Waals surface area (Å²) in [4.78, 5) is 19.3. The number of carbonyl (C=O) groups excluding carboxylic acids is 1. The second kappa shape index (κ2) is 11.9. The number of thiocarbonyl (C=S) groups is 1. The summed E-state index contributed by atoms with van der Waals surface area (Å²) in [5.74, 6) is 0.427. The van der Waals surface area contributed by atoms with Crippen molar-refractivity contribution >= 4 is 34.6 Å². The zero-order valence-corrected chi connectivity index (χ0v) is 22.8. The zero-order chi connectivity index (χ0) is 27.3. The Morgan fingerprint density at radius 3 is 2.62 bits per heavy atom. The number of hydrogen-bond donors (Lipinski definition) is 2. The fourth-order valence-corrected chi connectivity index (χ4v) is 5.72. The van der Waals surface area contributed by atoms with Gasteiger partial charge >= 0.3 is 0 Å². The second-order valence-corrected chi connectivity index (χ2v) is 10.3. The lowest BCUT2D eigenvalue weighted by Crippen LogP contribution is -2.31. The molecule has 4 heterocycles. The maximum Gasteiger partial charge on any atom is 0.262 e. The minimum Gasteiger partial charge on any atom is -0.484 e. The summed E-state index contributed by atoms with van der Waals surface area (Å²) in [5.41, 5.74) is 3.66. The van der Waals surface area contributed by atoms with Crippen molar-refractivity contribution in [2.45, 2.75) is 37.6 Å². The molecule has 4 aromatic rings. The highest BCUT2D eigenvalue weighted by Crippen LogP contribution is 2.42. The average molecular weight is 554 g/mol. The number of carbonyl (C=O) groups is 1. The van der Waals surface area contributed by atoms with Crippen LogP contribution in [0.5, 0.6) is 5.75 Å². The molecule has 8 nitrogen and oxygen atoms in total. The van der Waals surface area contributed by atoms with E-state index in [1.807, 2.05) is 79.0 Å². The predicted octanol–water partition coefficient (Wildman–Crippen LogP) is 5.26. The van der Waals surface area contributed by atoms with Crippen molar-refractivity contribution < 1.29 is 14.3 Å². The van der Waals surface area contributed by atoms with Gasteiger partial charge in [0.25, 0.3) is 5.91 Å². The number of amides is 1. The van der Waals surface area contributed by atoms with Crippen LogP contribution >= 0.6 is 12.2 Å². The third-order valence-electron chi connectivity index (χ3n) is 7.23. The third kappa shape index (κ3) is 5.71. The van der Waals surface area contributed by atoms with Crippen LogP contribution in [0.2, 0.25) is 0 Å². The first-order valence-electron chi connectivity index (χ1n) is 13.5. The van der Waals surface area contributed by atoms with Crippen molar-refractivity contribution in [1.29, 1.82) is 0 Å². The van der Waals surface area contributed by atoms with E-state index in [2.05, 4.69) is 43.4 Å². The van der Waals surface area contributed by atoms with Gasteiger partial charge < -0.3 is 29.6 Å². The molecule has 0 unspecified atom stereocenters. The molecule has 0 bridgehead atoms. The van der Waals surface area contributed by atoms with E-state index in [9.17, 15) is 4.79 Å². The third-order valence-corrected chi connectivity index (χ3v) is 7.55. The highest BCUT2D eigenvalue weighted by molar-refractivity contribution is 7.80. The van der Waals surface area contributed by atoms with Gasteiger partial charge in [-0.15, -0.1) is 0 Å². The zero-order valence-electron chi connectivity index (χ0n) is 22.0. The molecule has 40 heavy (non-hydrogen) atoms. The fraction of sp³-hybridized carbons (Fsp3) is 0.258. The molecule has 204 valence electrons. The highest BCUT2D eigenvalue weighted by atomic mass is 32.1. The van der Waals surface area contributed by atoms with Gasteiger partial charge in [-0.2, -0.15) is 0 Å². The minimum atomic E-state index is -0.227. The summed E-state index contributed by atoms with van der Waals surface area (Å²) in [5, 5.41) is 7.05. The van der Waals surface area contributed by atoms with Crippen molar-refractivity contribution in [3.8, 4) is 5.75 Å². The van der Waals surface area contributed by atoms with Crippen LogP contribution in [-0.4, -0.2) is 39.9 Å². The molecule has 6 rings (SSSR count). The van der Waals surface area contributed by atoms with Crippen LogP contribution in [0, 0.1) is 0 Å². The Labute approximate surface area is 238 Å². The van der Waals surface area contributed by atoms with Gasteiger partial charge in [-0.1, -0.05) is 24.3 Å². The van der Waals surface area contributed by atoms with Gasteiger partial charge in [0.05, 0.1) is 17.8 Å². The first-order valence-corrected chi connectivity index (χ1v) is 13.9. The number of benzene rings is 2. The Kier molecular flexibility index (Phi) is 7.74. The molecular formula is C31H31N5O3S. The maximum absolute atomic E-state index is 12.5. The molecule has 2 N–H and O–H groups in total. The lowest BCUT2D eigenvalue weighted by Gasteiger charge is -2.29. The molecule has 9 heteroatoms. The average Bonchev–Trinajstić information content (AvgIpc) is 3.74. The van der Waals surface area contributed by atoms with E-state index in [0.29, 0.717) is 16.5 Å².